The molecule has 1 N–H and O–H groups in total. The number of benzene rings is 1. The first-order valence-corrected chi connectivity index (χ1v) is 10.6. The fourth-order valence-corrected chi connectivity index (χ4v) is 6.25. The first-order chi connectivity index (χ1) is 11.7. The van der Waals surface area contributed by atoms with Crippen molar-refractivity contribution in [2.75, 3.05) is 24.6 Å². The Kier molecular flexibility index (Phi) is 4.48. The monoisotopic (exact) mass is 346 g/mol. The van der Waals surface area contributed by atoms with Gasteiger partial charge in [0.2, 0.25) is 5.91 Å². The molecule has 1 aromatic rings. The van der Waals surface area contributed by atoms with Gasteiger partial charge in [-0.15, -0.1) is 0 Å². The van der Waals surface area contributed by atoms with Gasteiger partial charge < -0.3 is 5.32 Å². The first-order valence-electron chi connectivity index (χ1n) is 9.08. The average molecular weight is 346 g/mol. The second kappa shape index (κ2) is 6.60. The molecule has 0 bridgehead atoms. The molecule has 3 fully saturated rings. The number of nitrogens with zero attached hydrogens (tertiary/aromatic N) is 1. The van der Waals surface area contributed by atoms with Crippen LogP contribution in [0.1, 0.15) is 31.2 Å². The van der Waals surface area contributed by atoms with Gasteiger partial charge in [0.15, 0.2) is 0 Å². The third kappa shape index (κ3) is 3.04. The van der Waals surface area contributed by atoms with Gasteiger partial charge in [-0.1, -0.05) is 36.8 Å². The number of carbonyl (C=O) groups excluding carboxylic acids is 1. The third-order valence-corrected chi connectivity index (χ3v) is 7.52. The Morgan fingerprint density at radius 1 is 1.29 bits per heavy atom. The van der Waals surface area contributed by atoms with Crippen LogP contribution in [0, 0.1) is 11.3 Å². The summed E-state index contributed by atoms with van der Waals surface area (Å²) in [5, 5.41) is 3.24. The Balaban J connectivity index is 1.44. The van der Waals surface area contributed by atoms with Crippen LogP contribution < -0.4 is 5.32 Å². The lowest BCUT2D eigenvalue weighted by atomic mass is 9.79. The van der Waals surface area contributed by atoms with Crippen molar-refractivity contribution >= 4 is 16.7 Å². The molecule has 0 spiro atoms. The van der Waals surface area contributed by atoms with Crippen molar-refractivity contribution in [2.24, 2.45) is 11.3 Å². The standard InChI is InChI=1S/C19H26N2O2S/c22-18(20-17-8-10-24(23)13-17)19-9-4-7-16(19)12-21(14-19)11-15-5-2-1-3-6-15/h1-3,5-6,16-17H,4,7-14H2,(H,20,22)/t16-,17?,19-,24?/m1/s1. The fourth-order valence-electron chi connectivity index (χ4n) is 4.83. The van der Waals surface area contributed by atoms with E-state index in [2.05, 4.69) is 34.5 Å². The fraction of sp³-hybridized carbons (Fsp3) is 0.632. The van der Waals surface area contributed by atoms with Gasteiger partial charge in [0.05, 0.1) is 5.41 Å². The van der Waals surface area contributed by atoms with Crippen LogP contribution in [0.2, 0.25) is 0 Å². The van der Waals surface area contributed by atoms with Gasteiger partial charge in [0, 0.05) is 48.0 Å². The number of carbonyl (C=O) groups is 1. The molecule has 5 heteroatoms. The summed E-state index contributed by atoms with van der Waals surface area (Å²) in [6.45, 7) is 2.83. The molecule has 4 atom stereocenters. The Labute approximate surface area is 146 Å². The third-order valence-electron chi connectivity index (χ3n) is 6.06. The lowest BCUT2D eigenvalue weighted by molar-refractivity contribution is -0.132. The van der Waals surface area contributed by atoms with E-state index in [-0.39, 0.29) is 17.4 Å². The quantitative estimate of drug-likeness (QED) is 0.906. The highest BCUT2D eigenvalue weighted by Crippen LogP contribution is 2.49. The van der Waals surface area contributed by atoms with E-state index in [0.717, 1.165) is 51.1 Å². The molecule has 1 aliphatic carbocycles. The normalized spacial score (nSPS) is 35.9. The molecule has 24 heavy (non-hydrogen) atoms. The maximum absolute atomic E-state index is 13.1. The summed E-state index contributed by atoms with van der Waals surface area (Å²) in [4.78, 5) is 15.5. The van der Waals surface area contributed by atoms with Gasteiger partial charge >= 0.3 is 0 Å². The summed E-state index contributed by atoms with van der Waals surface area (Å²) in [6, 6.07) is 10.6. The molecule has 0 radical (unpaired) electrons. The van der Waals surface area contributed by atoms with E-state index in [9.17, 15) is 9.00 Å². The van der Waals surface area contributed by atoms with Gasteiger partial charge in [0.1, 0.15) is 0 Å². The Bertz CT molecular complexity index is 636. The first kappa shape index (κ1) is 16.3. The molecule has 130 valence electrons. The summed E-state index contributed by atoms with van der Waals surface area (Å²) in [6.07, 6.45) is 4.20. The van der Waals surface area contributed by atoms with Gasteiger partial charge in [-0.25, -0.2) is 0 Å². The molecule has 4 rings (SSSR count). The molecule has 1 amide bonds. The Morgan fingerprint density at radius 2 is 2.12 bits per heavy atom. The molecule has 2 heterocycles. The lowest BCUT2D eigenvalue weighted by Gasteiger charge is -2.29. The van der Waals surface area contributed by atoms with Crippen LogP contribution in [0.4, 0.5) is 0 Å². The lowest BCUT2D eigenvalue weighted by Crippen LogP contribution is -2.48. The van der Waals surface area contributed by atoms with Crippen molar-refractivity contribution < 1.29 is 9.00 Å². The minimum absolute atomic E-state index is 0.122. The summed E-state index contributed by atoms with van der Waals surface area (Å²) in [5.41, 5.74) is 1.11. The van der Waals surface area contributed by atoms with Gasteiger partial charge in [-0.3, -0.25) is 13.9 Å². The zero-order chi connectivity index (χ0) is 16.6. The van der Waals surface area contributed by atoms with E-state index in [1.165, 1.54) is 5.56 Å². The predicted octanol–water partition coefficient (Wildman–Crippen LogP) is 1.93. The SMILES string of the molecule is O=C(NC1CCS(=O)C1)[C@@]12CCC[C@@H]1CN(Cc1ccccc1)C2. The molecular formula is C19H26N2O2S. The molecule has 4 nitrogen and oxygen atoms in total. The summed E-state index contributed by atoms with van der Waals surface area (Å²) < 4.78 is 11.6. The van der Waals surface area contributed by atoms with E-state index in [1.807, 2.05) is 6.07 Å². The average Bonchev–Trinajstić information content (AvgIpc) is 3.23. The minimum Gasteiger partial charge on any atom is -0.352 e. The maximum atomic E-state index is 13.1. The highest BCUT2D eigenvalue weighted by Gasteiger charge is 2.54. The molecule has 0 aromatic heterocycles. The van der Waals surface area contributed by atoms with Crippen molar-refractivity contribution in [2.45, 2.75) is 38.3 Å². The molecule has 2 saturated heterocycles. The van der Waals surface area contributed by atoms with Crippen LogP contribution in [-0.2, 0) is 22.1 Å². The Morgan fingerprint density at radius 3 is 2.88 bits per heavy atom. The second-order valence-electron chi connectivity index (χ2n) is 7.67. The zero-order valence-electron chi connectivity index (χ0n) is 14.1. The molecule has 1 saturated carbocycles. The minimum atomic E-state index is -0.738. The molecular weight excluding hydrogens is 320 g/mol. The molecule has 2 aliphatic heterocycles. The van der Waals surface area contributed by atoms with Crippen molar-refractivity contribution in [3.8, 4) is 0 Å². The summed E-state index contributed by atoms with van der Waals surface area (Å²) >= 11 is 0. The largest absolute Gasteiger partial charge is 0.352 e. The van der Waals surface area contributed by atoms with Crippen LogP contribution in [0.25, 0.3) is 0 Å². The smallest absolute Gasteiger partial charge is 0.228 e. The maximum Gasteiger partial charge on any atom is 0.228 e. The van der Waals surface area contributed by atoms with Crippen LogP contribution in [0.5, 0.6) is 0 Å². The number of hydrogen-bond acceptors (Lipinski definition) is 3. The number of fused-ring (bicyclic) bond motifs is 1. The number of nitrogens with one attached hydrogen (secondary N) is 1. The van der Waals surface area contributed by atoms with E-state index in [0.29, 0.717) is 11.7 Å². The number of rotatable bonds is 4. The second-order valence-corrected chi connectivity index (χ2v) is 9.29. The highest BCUT2D eigenvalue weighted by molar-refractivity contribution is 7.85. The van der Waals surface area contributed by atoms with Gasteiger partial charge in [-0.2, -0.15) is 0 Å². The predicted molar refractivity (Wildman–Crippen MR) is 95.9 cm³/mol. The van der Waals surface area contributed by atoms with Crippen molar-refractivity contribution in [1.29, 1.82) is 0 Å². The van der Waals surface area contributed by atoms with E-state index < -0.39 is 10.8 Å². The molecule has 1 aromatic carbocycles. The van der Waals surface area contributed by atoms with Gasteiger partial charge in [-0.05, 0) is 30.7 Å². The van der Waals surface area contributed by atoms with Crippen LogP contribution in [0.3, 0.4) is 0 Å². The van der Waals surface area contributed by atoms with E-state index >= 15 is 0 Å². The number of amides is 1. The number of hydrogen-bond donors (Lipinski definition) is 1. The van der Waals surface area contributed by atoms with Crippen LogP contribution >= 0.6 is 0 Å². The van der Waals surface area contributed by atoms with Crippen molar-refractivity contribution in [3.63, 3.8) is 0 Å². The number of likely N-dealkylation sites (tertiary alicyclic amines) is 1. The van der Waals surface area contributed by atoms with Crippen LogP contribution in [0.15, 0.2) is 30.3 Å². The van der Waals surface area contributed by atoms with Crippen molar-refractivity contribution in [1.82, 2.24) is 10.2 Å². The van der Waals surface area contributed by atoms with Crippen molar-refractivity contribution in [3.05, 3.63) is 35.9 Å². The Hall–Kier alpha value is -1.20. The van der Waals surface area contributed by atoms with Crippen LogP contribution in [-0.4, -0.2) is 45.7 Å². The highest BCUT2D eigenvalue weighted by atomic mass is 32.2. The van der Waals surface area contributed by atoms with E-state index in [1.54, 1.807) is 0 Å². The van der Waals surface area contributed by atoms with E-state index in [4.69, 9.17) is 0 Å². The summed E-state index contributed by atoms with van der Waals surface area (Å²) in [7, 11) is -0.738. The zero-order valence-corrected chi connectivity index (χ0v) is 14.9. The summed E-state index contributed by atoms with van der Waals surface area (Å²) in [5.74, 6) is 2.08. The van der Waals surface area contributed by atoms with Gasteiger partial charge in [0.25, 0.3) is 0 Å². The molecule has 2 unspecified atom stereocenters. The topological polar surface area (TPSA) is 49.4 Å². The molecule has 3 aliphatic rings.